The van der Waals surface area contributed by atoms with Crippen molar-refractivity contribution in [2.45, 2.75) is 13.3 Å². The van der Waals surface area contributed by atoms with E-state index in [9.17, 15) is 0 Å². The lowest BCUT2D eigenvalue weighted by Crippen LogP contribution is -2.10. The second-order valence-corrected chi connectivity index (χ2v) is 5.24. The third kappa shape index (κ3) is 3.58. The average Bonchev–Trinajstić information content (AvgIpc) is 2.86. The van der Waals surface area contributed by atoms with Crippen molar-refractivity contribution < 1.29 is 4.74 Å². The number of hydrogen-bond acceptors (Lipinski definition) is 3. The molecule has 0 unspecified atom stereocenters. The zero-order valence-electron chi connectivity index (χ0n) is 11.2. The van der Waals surface area contributed by atoms with Crippen LogP contribution in [-0.2, 0) is 4.74 Å². The number of nitrogens with zero attached hydrogens (tertiary/aromatic N) is 2. The first-order valence-electron chi connectivity index (χ1n) is 6.25. The third-order valence-corrected chi connectivity index (χ3v) is 3.37. The predicted molar refractivity (Wildman–Crippen MR) is 81.0 cm³/mol. The maximum atomic E-state index is 5.04. The molecule has 0 amide bonds. The zero-order valence-corrected chi connectivity index (χ0v) is 12.8. The fraction of sp³-hybridized carbons (Fsp3) is 0.357. The van der Waals surface area contributed by atoms with Crippen LogP contribution in [0.15, 0.2) is 35.1 Å². The lowest BCUT2D eigenvalue weighted by Gasteiger charge is -2.12. The van der Waals surface area contributed by atoms with Crippen LogP contribution >= 0.6 is 15.9 Å². The van der Waals surface area contributed by atoms with Crippen LogP contribution in [0.5, 0.6) is 0 Å². The van der Waals surface area contributed by atoms with Crippen LogP contribution in [0.25, 0.3) is 5.69 Å². The Hall–Kier alpha value is -1.33. The molecule has 1 aromatic carbocycles. The van der Waals surface area contributed by atoms with Crippen LogP contribution < -0.4 is 5.32 Å². The summed E-state index contributed by atoms with van der Waals surface area (Å²) in [5, 5.41) is 3.33. The summed E-state index contributed by atoms with van der Waals surface area (Å²) in [7, 11) is 1.71. The summed E-state index contributed by atoms with van der Waals surface area (Å²) in [5.74, 6) is 0.859. The van der Waals surface area contributed by atoms with Crippen LogP contribution in [0, 0.1) is 6.92 Å². The SMILES string of the molecule is COCCCNc1nccn1-c1cc(Br)ccc1C. The fourth-order valence-electron chi connectivity index (χ4n) is 1.89. The van der Waals surface area contributed by atoms with Gasteiger partial charge in [0.25, 0.3) is 0 Å². The number of hydrogen-bond donors (Lipinski definition) is 1. The van der Waals surface area contributed by atoms with E-state index in [1.165, 1.54) is 5.56 Å². The Bertz CT molecular complexity index is 539. The van der Waals surface area contributed by atoms with E-state index in [0.29, 0.717) is 0 Å². The highest BCUT2D eigenvalue weighted by molar-refractivity contribution is 9.10. The van der Waals surface area contributed by atoms with Crippen LogP contribution in [0.2, 0.25) is 0 Å². The van der Waals surface area contributed by atoms with Gasteiger partial charge in [0.15, 0.2) is 0 Å². The summed E-state index contributed by atoms with van der Waals surface area (Å²) in [6.45, 7) is 3.69. The van der Waals surface area contributed by atoms with E-state index in [0.717, 1.165) is 35.7 Å². The zero-order chi connectivity index (χ0) is 13.7. The van der Waals surface area contributed by atoms with E-state index in [1.54, 1.807) is 13.3 Å². The number of imidazole rings is 1. The van der Waals surface area contributed by atoms with Crippen molar-refractivity contribution in [1.82, 2.24) is 9.55 Å². The molecule has 19 heavy (non-hydrogen) atoms. The molecule has 0 atom stereocenters. The van der Waals surface area contributed by atoms with E-state index in [4.69, 9.17) is 4.74 Å². The largest absolute Gasteiger partial charge is 0.385 e. The van der Waals surface area contributed by atoms with E-state index < -0.39 is 0 Å². The molecule has 1 heterocycles. The van der Waals surface area contributed by atoms with Crippen molar-refractivity contribution in [1.29, 1.82) is 0 Å². The Morgan fingerprint density at radius 2 is 2.26 bits per heavy atom. The van der Waals surface area contributed by atoms with Gasteiger partial charge in [0.2, 0.25) is 5.95 Å². The monoisotopic (exact) mass is 323 g/mol. The quantitative estimate of drug-likeness (QED) is 0.828. The Kier molecular flexibility index (Phi) is 4.99. The average molecular weight is 324 g/mol. The molecule has 0 spiro atoms. The van der Waals surface area contributed by atoms with Crippen molar-refractivity contribution >= 4 is 21.9 Å². The summed E-state index contributed by atoms with van der Waals surface area (Å²) in [6.07, 6.45) is 4.73. The molecule has 2 rings (SSSR count). The van der Waals surface area contributed by atoms with Gasteiger partial charge < -0.3 is 10.1 Å². The molecule has 0 radical (unpaired) electrons. The number of ether oxygens (including phenoxy) is 1. The topological polar surface area (TPSA) is 39.1 Å². The second-order valence-electron chi connectivity index (χ2n) is 4.32. The Balaban J connectivity index is 2.16. The number of aromatic nitrogens is 2. The molecule has 1 aromatic heterocycles. The maximum absolute atomic E-state index is 5.04. The summed E-state index contributed by atoms with van der Waals surface area (Å²) < 4.78 is 8.16. The Labute approximate surface area is 121 Å². The molecule has 0 fully saturated rings. The van der Waals surface area contributed by atoms with Crippen LogP contribution in [-0.4, -0.2) is 29.8 Å². The molecule has 0 aliphatic carbocycles. The summed E-state index contributed by atoms with van der Waals surface area (Å²) >= 11 is 3.51. The summed E-state index contributed by atoms with van der Waals surface area (Å²) in [6, 6.07) is 6.23. The Morgan fingerprint density at radius 3 is 3.05 bits per heavy atom. The normalized spacial score (nSPS) is 10.7. The second kappa shape index (κ2) is 6.73. The number of halogens is 1. The van der Waals surface area contributed by atoms with Gasteiger partial charge in [-0.3, -0.25) is 4.57 Å². The summed E-state index contributed by atoms with van der Waals surface area (Å²) in [4.78, 5) is 4.36. The highest BCUT2D eigenvalue weighted by atomic mass is 79.9. The number of methoxy groups -OCH3 is 1. The number of anilines is 1. The molecular formula is C14H18BrN3O. The molecule has 0 saturated heterocycles. The van der Waals surface area contributed by atoms with Crippen molar-refractivity contribution in [3.63, 3.8) is 0 Å². The molecule has 1 N–H and O–H groups in total. The number of rotatable bonds is 6. The first-order valence-corrected chi connectivity index (χ1v) is 7.04. The van der Waals surface area contributed by atoms with Gasteiger partial charge in [-0.1, -0.05) is 22.0 Å². The molecule has 4 nitrogen and oxygen atoms in total. The van der Waals surface area contributed by atoms with Crippen molar-refractivity contribution in [3.8, 4) is 5.69 Å². The number of aryl methyl sites for hydroxylation is 1. The van der Waals surface area contributed by atoms with Gasteiger partial charge in [0.1, 0.15) is 0 Å². The number of nitrogens with one attached hydrogen (secondary N) is 1. The van der Waals surface area contributed by atoms with Crippen molar-refractivity contribution in [2.75, 3.05) is 25.6 Å². The van der Waals surface area contributed by atoms with Gasteiger partial charge in [-0.05, 0) is 31.0 Å². The van der Waals surface area contributed by atoms with E-state index in [-0.39, 0.29) is 0 Å². The summed E-state index contributed by atoms with van der Waals surface area (Å²) in [5.41, 5.74) is 2.34. The first kappa shape index (κ1) is 14.1. The lowest BCUT2D eigenvalue weighted by molar-refractivity contribution is 0.197. The first-order chi connectivity index (χ1) is 9.22. The fourth-order valence-corrected chi connectivity index (χ4v) is 2.24. The molecule has 0 bridgehead atoms. The van der Waals surface area contributed by atoms with E-state index in [2.05, 4.69) is 49.9 Å². The van der Waals surface area contributed by atoms with Gasteiger partial charge in [0.05, 0.1) is 5.69 Å². The van der Waals surface area contributed by atoms with Crippen molar-refractivity contribution in [3.05, 3.63) is 40.6 Å². The highest BCUT2D eigenvalue weighted by Gasteiger charge is 2.07. The minimum atomic E-state index is 0.754. The van der Waals surface area contributed by atoms with Gasteiger partial charge in [-0.2, -0.15) is 0 Å². The molecule has 0 saturated carbocycles. The molecular weight excluding hydrogens is 306 g/mol. The van der Waals surface area contributed by atoms with Gasteiger partial charge in [-0.25, -0.2) is 4.98 Å². The standard InChI is InChI=1S/C14H18BrN3O/c1-11-4-5-12(15)10-13(11)18-8-7-17-14(18)16-6-3-9-19-2/h4-5,7-8,10H,3,6,9H2,1-2H3,(H,16,17). The van der Waals surface area contributed by atoms with Gasteiger partial charge >= 0.3 is 0 Å². The van der Waals surface area contributed by atoms with Gasteiger partial charge in [-0.15, -0.1) is 0 Å². The minimum absolute atomic E-state index is 0.754. The van der Waals surface area contributed by atoms with Crippen LogP contribution in [0.3, 0.4) is 0 Å². The molecule has 0 aliphatic rings. The van der Waals surface area contributed by atoms with E-state index >= 15 is 0 Å². The third-order valence-electron chi connectivity index (χ3n) is 2.88. The smallest absolute Gasteiger partial charge is 0.207 e. The molecule has 102 valence electrons. The predicted octanol–water partition coefficient (Wildman–Crippen LogP) is 3.39. The van der Waals surface area contributed by atoms with Gasteiger partial charge in [0, 0.05) is 37.1 Å². The minimum Gasteiger partial charge on any atom is -0.385 e. The number of benzene rings is 1. The van der Waals surface area contributed by atoms with Crippen LogP contribution in [0.4, 0.5) is 5.95 Å². The lowest BCUT2D eigenvalue weighted by atomic mass is 10.2. The molecule has 5 heteroatoms. The maximum Gasteiger partial charge on any atom is 0.207 e. The molecule has 0 aliphatic heterocycles. The van der Waals surface area contributed by atoms with Crippen LogP contribution in [0.1, 0.15) is 12.0 Å². The Morgan fingerprint density at radius 1 is 1.42 bits per heavy atom. The highest BCUT2D eigenvalue weighted by Crippen LogP contribution is 2.22. The van der Waals surface area contributed by atoms with Crippen molar-refractivity contribution in [2.24, 2.45) is 0 Å². The molecule has 2 aromatic rings. The van der Waals surface area contributed by atoms with E-state index in [1.807, 2.05) is 12.3 Å².